The molecule has 0 aliphatic rings. The van der Waals surface area contributed by atoms with E-state index in [-0.39, 0.29) is 22.9 Å². The molecular formula is C31H26FN3O3S. The molecule has 3 N–H and O–H groups in total. The Morgan fingerprint density at radius 1 is 0.821 bits per heavy atom. The molecule has 4 aromatic carbocycles. The van der Waals surface area contributed by atoms with E-state index in [2.05, 4.69) is 16.0 Å². The number of carbonyl (C=O) groups is 3. The molecule has 0 radical (unpaired) electrons. The van der Waals surface area contributed by atoms with Crippen LogP contribution in [0.15, 0.2) is 114 Å². The number of benzene rings is 4. The fraction of sp³-hybridized carbons (Fsp3) is 0.0645. The molecule has 0 unspecified atom stereocenters. The fourth-order valence-corrected chi connectivity index (χ4v) is 4.36. The first kappa shape index (κ1) is 27.3. The minimum absolute atomic E-state index is 0.121. The van der Waals surface area contributed by atoms with Crippen molar-refractivity contribution in [1.29, 1.82) is 0 Å². The standard InChI is InChI=1S/C31H26FN3O3S/c1-21-10-5-8-17-27(21)34-29(36)20-39-25-15-9-14-24(19-25)33-31(38)28(18-23-13-6-7-16-26(23)32)35-30(37)22-11-3-2-4-12-22/h2-19H,20H2,1H3,(H,33,38)(H,34,36)(H,35,37)/b28-18-. The molecule has 0 spiro atoms. The van der Waals surface area contributed by atoms with Crippen molar-refractivity contribution in [2.24, 2.45) is 0 Å². The summed E-state index contributed by atoms with van der Waals surface area (Å²) < 4.78 is 14.3. The molecule has 4 rings (SSSR count). The molecule has 39 heavy (non-hydrogen) atoms. The molecule has 0 bridgehead atoms. The summed E-state index contributed by atoms with van der Waals surface area (Å²) in [6.07, 6.45) is 1.29. The Labute approximate surface area is 230 Å². The second-order valence-corrected chi connectivity index (χ2v) is 9.58. The van der Waals surface area contributed by atoms with E-state index in [0.717, 1.165) is 16.1 Å². The number of halogens is 1. The van der Waals surface area contributed by atoms with Crippen molar-refractivity contribution in [3.05, 3.63) is 131 Å². The minimum atomic E-state index is -0.623. The second-order valence-electron chi connectivity index (χ2n) is 8.53. The lowest BCUT2D eigenvalue weighted by Crippen LogP contribution is -2.30. The van der Waals surface area contributed by atoms with Gasteiger partial charge in [-0.2, -0.15) is 0 Å². The van der Waals surface area contributed by atoms with E-state index in [1.54, 1.807) is 60.7 Å². The number of carbonyl (C=O) groups excluding carboxylic acids is 3. The molecule has 0 saturated heterocycles. The zero-order valence-corrected chi connectivity index (χ0v) is 21.9. The van der Waals surface area contributed by atoms with Crippen LogP contribution in [0.3, 0.4) is 0 Å². The molecule has 0 aliphatic carbocycles. The lowest BCUT2D eigenvalue weighted by Gasteiger charge is -2.12. The smallest absolute Gasteiger partial charge is 0.272 e. The zero-order valence-electron chi connectivity index (χ0n) is 21.1. The van der Waals surface area contributed by atoms with Crippen LogP contribution in [0.2, 0.25) is 0 Å². The molecule has 0 atom stereocenters. The number of amides is 3. The summed E-state index contributed by atoms with van der Waals surface area (Å²) >= 11 is 1.32. The van der Waals surface area contributed by atoms with Crippen molar-refractivity contribution < 1.29 is 18.8 Å². The highest BCUT2D eigenvalue weighted by Crippen LogP contribution is 2.23. The van der Waals surface area contributed by atoms with Crippen LogP contribution in [0, 0.1) is 12.7 Å². The zero-order chi connectivity index (χ0) is 27.6. The lowest BCUT2D eigenvalue weighted by atomic mass is 10.1. The summed E-state index contributed by atoms with van der Waals surface area (Å²) in [7, 11) is 0. The van der Waals surface area contributed by atoms with Gasteiger partial charge in [0.25, 0.3) is 11.8 Å². The van der Waals surface area contributed by atoms with Gasteiger partial charge < -0.3 is 16.0 Å². The summed E-state index contributed by atoms with van der Waals surface area (Å²) in [5.41, 5.74) is 2.57. The Kier molecular flexibility index (Phi) is 9.26. The van der Waals surface area contributed by atoms with Gasteiger partial charge in [-0.15, -0.1) is 11.8 Å². The molecular weight excluding hydrogens is 513 g/mol. The Morgan fingerprint density at radius 2 is 1.54 bits per heavy atom. The number of hydrogen-bond donors (Lipinski definition) is 3. The average Bonchev–Trinajstić information content (AvgIpc) is 2.94. The summed E-state index contributed by atoms with van der Waals surface area (Å²) in [6.45, 7) is 1.92. The maximum atomic E-state index is 14.3. The van der Waals surface area contributed by atoms with E-state index >= 15 is 0 Å². The molecule has 0 aliphatic heterocycles. The monoisotopic (exact) mass is 539 g/mol. The van der Waals surface area contributed by atoms with Crippen LogP contribution in [-0.2, 0) is 9.59 Å². The SMILES string of the molecule is Cc1ccccc1NC(=O)CSc1cccc(NC(=O)/C(=C/c2ccccc2F)NC(=O)c2ccccc2)c1. The maximum Gasteiger partial charge on any atom is 0.272 e. The van der Waals surface area contributed by atoms with Crippen molar-refractivity contribution in [1.82, 2.24) is 5.32 Å². The van der Waals surface area contributed by atoms with Gasteiger partial charge in [0.15, 0.2) is 0 Å². The Hall–Kier alpha value is -4.69. The van der Waals surface area contributed by atoms with Crippen LogP contribution >= 0.6 is 11.8 Å². The van der Waals surface area contributed by atoms with Crippen molar-refractivity contribution in [2.75, 3.05) is 16.4 Å². The Balaban J connectivity index is 1.46. The first-order chi connectivity index (χ1) is 18.9. The van der Waals surface area contributed by atoms with Gasteiger partial charge in [0, 0.05) is 27.4 Å². The molecule has 3 amide bonds. The van der Waals surface area contributed by atoms with Crippen molar-refractivity contribution >= 4 is 46.9 Å². The molecule has 0 heterocycles. The highest BCUT2D eigenvalue weighted by Gasteiger charge is 2.16. The normalized spacial score (nSPS) is 11.0. The van der Waals surface area contributed by atoms with E-state index < -0.39 is 17.6 Å². The van der Waals surface area contributed by atoms with E-state index in [1.807, 2.05) is 37.3 Å². The van der Waals surface area contributed by atoms with Crippen LogP contribution < -0.4 is 16.0 Å². The third-order valence-corrected chi connectivity index (χ3v) is 6.61. The number of para-hydroxylation sites is 1. The third-order valence-electron chi connectivity index (χ3n) is 5.61. The predicted molar refractivity (Wildman–Crippen MR) is 154 cm³/mol. The quantitative estimate of drug-likeness (QED) is 0.173. The van der Waals surface area contributed by atoms with Crippen LogP contribution in [0.25, 0.3) is 6.08 Å². The largest absolute Gasteiger partial charge is 0.325 e. The van der Waals surface area contributed by atoms with Gasteiger partial charge in [-0.3, -0.25) is 14.4 Å². The molecule has 0 saturated carbocycles. The van der Waals surface area contributed by atoms with Gasteiger partial charge in [-0.25, -0.2) is 4.39 Å². The lowest BCUT2D eigenvalue weighted by molar-refractivity contribution is -0.114. The number of anilines is 2. The van der Waals surface area contributed by atoms with Gasteiger partial charge in [-0.1, -0.05) is 60.7 Å². The van der Waals surface area contributed by atoms with Crippen molar-refractivity contribution in [3.63, 3.8) is 0 Å². The van der Waals surface area contributed by atoms with E-state index in [1.165, 1.54) is 30.0 Å². The number of aryl methyl sites for hydroxylation is 1. The number of nitrogens with one attached hydrogen (secondary N) is 3. The highest BCUT2D eigenvalue weighted by atomic mass is 32.2. The van der Waals surface area contributed by atoms with Crippen LogP contribution in [0.1, 0.15) is 21.5 Å². The Bertz CT molecular complexity index is 1520. The van der Waals surface area contributed by atoms with Gasteiger partial charge in [0.05, 0.1) is 5.75 Å². The van der Waals surface area contributed by atoms with Crippen LogP contribution in [-0.4, -0.2) is 23.5 Å². The molecule has 196 valence electrons. The maximum absolute atomic E-state index is 14.3. The first-order valence-corrected chi connectivity index (χ1v) is 13.1. The topological polar surface area (TPSA) is 87.3 Å². The van der Waals surface area contributed by atoms with Crippen LogP contribution in [0.4, 0.5) is 15.8 Å². The number of rotatable bonds is 9. The molecule has 0 fully saturated rings. The van der Waals surface area contributed by atoms with E-state index in [4.69, 9.17) is 0 Å². The predicted octanol–water partition coefficient (Wildman–Crippen LogP) is 6.27. The average molecular weight is 540 g/mol. The van der Waals surface area contributed by atoms with Gasteiger partial charge in [-0.05, 0) is 61.0 Å². The van der Waals surface area contributed by atoms with Gasteiger partial charge >= 0.3 is 0 Å². The summed E-state index contributed by atoms with van der Waals surface area (Å²) in [6, 6.07) is 28.9. The molecule has 4 aromatic rings. The van der Waals surface area contributed by atoms with Gasteiger partial charge in [0.1, 0.15) is 11.5 Å². The summed E-state index contributed by atoms with van der Waals surface area (Å²) in [4.78, 5) is 39.2. The first-order valence-electron chi connectivity index (χ1n) is 12.1. The molecule has 6 nitrogen and oxygen atoms in total. The minimum Gasteiger partial charge on any atom is -0.325 e. The molecule has 8 heteroatoms. The summed E-state index contributed by atoms with van der Waals surface area (Å²) in [5.74, 6) is -1.63. The van der Waals surface area contributed by atoms with E-state index in [0.29, 0.717) is 11.3 Å². The van der Waals surface area contributed by atoms with Crippen LogP contribution in [0.5, 0.6) is 0 Å². The summed E-state index contributed by atoms with van der Waals surface area (Å²) in [5, 5.41) is 8.25. The second kappa shape index (κ2) is 13.2. The third kappa shape index (κ3) is 7.90. The molecule has 0 aromatic heterocycles. The fourth-order valence-electron chi connectivity index (χ4n) is 3.60. The number of thioether (sulfide) groups is 1. The number of hydrogen-bond acceptors (Lipinski definition) is 4. The highest BCUT2D eigenvalue weighted by molar-refractivity contribution is 8.00. The van der Waals surface area contributed by atoms with E-state index in [9.17, 15) is 18.8 Å². The van der Waals surface area contributed by atoms with Crippen molar-refractivity contribution in [3.8, 4) is 0 Å². The Morgan fingerprint density at radius 3 is 2.31 bits per heavy atom. The van der Waals surface area contributed by atoms with Crippen molar-refractivity contribution in [2.45, 2.75) is 11.8 Å². The van der Waals surface area contributed by atoms with Gasteiger partial charge in [0.2, 0.25) is 5.91 Å².